The number of likely N-dealkylation sites (tertiary alicyclic amines) is 1. The Balaban J connectivity index is 2.52. The number of amides is 2. The van der Waals surface area contributed by atoms with Crippen molar-refractivity contribution in [2.45, 2.75) is 57.5 Å². The lowest BCUT2D eigenvalue weighted by atomic mass is 10.1. The van der Waals surface area contributed by atoms with Gasteiger partial charge in [-0.2, -0.15) is 0 Å². The molecule has 1 saturated heterocycles. The second-order valence-corrected chi connectivity index (χ2v) is 4.98. The van der Waals surface area contributed by atoms with Gasteiger partial charge in [0.25, 0.3) is 0 Å². The Hall–Kier alpha value is -1.30. The van der Waals surface area contributed by atoms with Gasteiger partial charge in [0.15, 0.2) is 0 Å². The number of rotatable bonds is 7. The maximum Gasteiger partial charge on any atom is 0.326 e. The third-order valence-corrected chi connectivity index (χ3v) is 3.51. The third-order valence-electron chi connectivity index (χ3n) is 3.51. The van der Waals surface area contributed by atoms with E-state index in [0.29, 0.717) is 25.8 Å². The van der Waals surface area contributed by atoms with E-state index in [4.69, 9.17) is 10.2 Å². The number of hydrogen-bond acceptors (Lipinski definition) is 3. The Morgan fingerprint density at radius 2 is 2.21 bits per heavy atom. The van der Waals surface area contributed by atoms with Crippen LogP contribution in [0.1, 0.15) is 45.4 Å². The van der Waals surface area contributed by atoms with E-state index in [1.807, 2.05) is 6.92 Å². The van der Waals surface area contributed by atoms with Crippen molar-refractivity contribution in [1.82, 2.24) is 10.2 Å². The van der Waals surface area contributed by atoms with E-state index in [9.17, 15) is 9.59 Å². The van der Waals surface area contributed by atoms with E-state index in [1.165, 1.54) is 0 Å². The number of carboxylic acids is 1. The number of aliphatic hydroxyl groups is 1. The summed E-state index contributed by atoms with van der Waals surface area (Å²) < 4.78 is 0. The fraction of sp³-hybridized carbons (Fsp3) is 0.846. The van der Waals surface area contributed by atoms with E-state index >= 15 is 0 Å². The number of urea groups is 1. The Kier molecular flexibility index (Phi) is 6.62. The molecule has 0 aromatic carbocycles. The summed E-state index contributed by atoms with van der Waals surface area (Å²) in [6.07, 6.45) is 4.47. The van der Waals surface area contributed by atoms with E-state index in [0.717, 1.165) is 19.3 Å². The molecule has 0 aromatic rings. The first-order valence-electron chi connectivity index (χ1n) is 7.01. The van der Waals surface area contributed by atoms with Gasteiger partial charge in [0.2, 0.25) is 0 Å². The van der Waals surface area contributed by atoms with Gasteiger partial charge >= 0.3 is 12.0 Å². The highest BCUT2D eigenvalue weighted by Crippen LogP contribution is 2.21. The standard InChI is InChI=1S/C13H24N2O4/c1-2-5-11(12(17)18)14-13(19)15-8-3-6-10(15)7-4-9-16/h10-11,16H,2-9H2,1H3,(H,14,19)(H,17,18). The van der Waals surface area contributed by atoms with Crippen LogP contribution in [0.4, 0.5) is 4.79 Å². The van der Waals surface area contributed by atoms with Crippen molar-refractivity contribution in [2.24, 2.45) is 0 Å². The highest BCUT2D eigenvalue weighted by Gasteiger charge is 2.30. The molecule has 1 aliphatic rings. The van der Waals surface area contributed by atoms with Crippen molar-refractivity contribution in [3.63, 3.8) is 0 Å². The smallest absolute Gasteiger partial charge is 0.326 e. The molecular formula is C13H24N2O4. The van der Waals surface area contributed by atoms with Crippen molar-refractivity contribution >= 4 is 12.0 Å². The van der Waals surface area contributed by atoms with Gasteiger partial charge < -0.3 is 20.4 Å². The lowest BCUT2D eigenvalue weighted by molar-refractivity contribution is -0.139. The molecular weight excluding hydrogens is 248 g/mol. The molecule has 2 unspecified atom stereocenters. The maximum atomic E-state index is 12.1. The summed E-state index contributed by atoms with van der Waals surface area (Å²) in [7, 11) is 0. The predicted octanol–water partition coefficient (Wildman–Crippen LogP) is 1.19. The SMILES string of the molecule is CCCC(NC(=O)N1CCCC1CCCO)C(=O)O. The van der Waals surface area contributed by atoms with Gasteiger partial charge in [-0.15, -0.1) is 0 Å². The molecule has 0 aromatic heterocycles. The van der Waals surface area contributed by atoms with Crippen molar-refractivity contribution in [2.75, 3.05) is 13.2 Å². The highest BCUT2D eigenvalue weighted by molar-refractivity contribution is 5.82. The van der Waals surface area contributed by atoms with Crippen LogP contribution in [0.15, 0.2) is 0 Å². The summed E-state index contributed by atoms with van der Waals surface area (Å²) in [6.45, 7) is 2.68. The highest BCUT2D eigenvalue weighted by atomic mass is 16.4. The molecule has 0 aliphatic carbocycles. The van der Waals surface area contributed by atoms with Crippen molar-refractivity contribution in [1.29, 1.82) is 0 Å². The van der Waals surface area contributed by atoms with Crippen LogP contribution in [0.25, 0.3) is 0 Å². The molecule has 1 heterocycles. The minimum absolute atomic E-state index is 0.125. The molecule has 110 valence electrons. The quantitative estimate of drug-likeness (QED) is 0.649. The van der Waals surface area contributed by atoms with E-state index in [1.54, 1.807) is 4.90 Å². The molecule has 0 bridgehead atoms. The fourth-order valence-electron chi connectivity index (χ4n) is 2.51. The number of nitrogens with zero attached hydrogens (tertiary/aromatic N) is 1. The molecule has 19 heavy (non-hydrogen) atoms. The van der Waals surface area contributed by atoms with E-state index in [-0.39, 0.29) is 18.7 Å². The van der Waals surface area contributed by atoms with Gasteiger partial charge in [0.1, 0.15) is 6.04 Å². The molecule has 0 saturated carbocycles. The number of carbonyl (C=O) groups is 2. The van der Waals surface area contributed by atoms with E-state index < -0.39 is 12.0 Å². The molecule has 2 atom stereocenters. The Labute approximate surface area is 113 Å². The third kappa shape index (κ3) is 4.70. The molecule has 1 aliphatic heterocycles. The van der Waals surface area contributed by atoms with Crippen LogP contribution >= 0.6 is 0 Å². The first-order valence-corrected chi connectivity index (χ1v) is 7.01. The van der Waals surface area contributed by atoms with Gasteiger partial charge in [0, 0.05) is 19.2 Å². The van der Waals surface area contributed by atoms with Crippen LogP contribution in [0.5, 0.6) is 0 Å². The second-order valence-electron chi connectivity index (χ2n) is 4.98. The number of hydrogen-bond donors (Lipinski definition) is 3. The van der Waals surface area contributed by atoms with Crippen molar-refractivity contribution < 1.29 is 19.8 Å². The molecule has 1 fully saturated rings. The average molecular weight is 272 g/mol. The summed E-state index contributed by atoms with van der Waals surface area (Å²) in [5, 5.41) is 20.5. The van der Waals surface area contributed by atoms with Gasteiger partial charge in [-0.25, -0.2) is 9.59 Å². The average Bonchev–Trinajstić information content (AvgIpc) is 2.83. The first kappa shape index (κ1) is 15.8. The molecule has 2 amide bonds. The summed E-state index contributed by atoms with van der Waals surface area (Å²) in [6, 6.07) is -0.971. The first-order chi connectivity index (χ1) is 9.10. The topological polar surface area (TPSA) is 89.9 Å². The van der Waals surface area contributed by atoms with Crippen LogP contribution < -0.4 is 5.32 Å². The Bertz CT molecular complexity index is 309. The second kappa shape index (κ2) is 7.99. The monoisotopic (exact) mass is 272 g/mol. The van der Waals surface area contributed by atoms with Gasteiger partial charge in [0.05, 0.1) is 0 Å². The minimum atomic E-state index is -0.985. The molecule has 0 spiro atoms. The molecule has 6 nitrogen and oxygen atoms in total. The molecule has 6 heteroatoms. The normalized spacial score (nSPS) is 20.3. The fourth-order valence-corrected chi connectivity index (χ4v) is 2.51. The van der Waals surface area contributed by atoms with Crippen LogP contribution in [0.2, 0.25) is 0 Å². The van der Waals surface area contributed by atoms with Crippen molar-refractivity contribution in [3.8, 4) is 0 Å². The number of aliphatic hydroxyl groups excluding tert-OH is 1. The van der Waals surface area contributed by atoms with Gasteiger partial charge in [-0.1, -0.05) is 13.3 Å². The molecule has 0 radical (unpaired) electrons. The number of carboxylic acid groups (broad SMARTS) is 1. The van der Waals surface area contributed by atoms with Gasteiger partial charge in [-0.3, -0.25) is 0 Å². The maximum absolute atomic E-state index is 12.1. The number of nitrogens with one attached hydrogen (secondary N) is 1. The van der Waals surface area contributed by atoms with Crippen LogP contribution in [0.3, 0.4) is 0 Å². The summed E-state index contributed by atoms with van der Waals surface area (Å²) in [5.74, 6) is -0.985. The zero-order valence-electron chi connectivity index (χ0n) is 11.5. The molecule has 1 rings (SSSR count). The number of aliphatic carboxylic acids is 1. The van der Waals surface area contributed by atoms with Crippen molar-refractivity contribution in [3.05, 3.63) is 0 Å². The van der Waals surface area contributed by atoms with E-state index in [2.05, 4.69) is 5.32 Å². The van der Waals surface area contributed by atoms with Crippen LogP contribution in [-0.2, 0) is 4.79 Å². The Morgan fingerprint density at radius 3 is 2.79 bits per heavy atom. The van der Waals surface area contributed by atoms with Crippen LogP contribution in [0, 0.1) is 0 Å². The number of carbonyl (C=O) groups excluding carboxylic acids is 1. The lowest BCUT2D eigenvalue weighted by Crippen LogP contribution is -2.49. The lowest BCUT2D eigenvalue weighted by Gasteiger charge is -2.26. The Morgan fingerprint density at radius 1 is 1.47 bits per heavy atom. The zero-order chi connectivity index (χ0) is 14.3. The summed E-state index contributed by atoms with van der Waals surface area (Å²) in [4.78, 5) is 24.8. The largest absolute Gasteiger partial charge is 0.480 e. The minimum Gasteiger partial charge on any atom is -0.480 e. The van der Waals surface area contributed by atoms with Gasteiger partial charge in [-0.05, 0) is 32.1 Å². The zero-order valence-corrected chi connectivity index (χ0v) is 11.5. The molecule has 3 N–H and O–H groups in total. The summed E-state index contributed by atoms with van der Waals surface area (Å²) >= 11 is 0. The van der Waals surface area contributed by atoms with Crippen LogP contribution in [-0.4, -0.2) is 52.3 Å². The summed E-state index contributed by atoms with van der Waals surface area (Å²) in [5.41, 5.74) is 0. The predicted molar refractivity (Wildman–Crippen MR) is 70.9 cm³/mol.